The first-order chi connectivity index (χ1) is 16.0. The van der Waals surface area contributed by atoms with E-state index in [9.17, 15) is 45.6 Å². The molecule has 0 spiro atoms. The lowest BCUT2D eigenvalue weighted by Crippen LogP contribution is -2.64. The van der Waals surface area contributed by atoms with Crippen LogP contribution in [0.1, 0.15) is 12.5 Å². The average molecular weight is 488 g/mol. The van der Waals surface area contributed by atoms with E-state index in [0.717, 1.165) is 6.08 Å². The number of hydrogen-bond donors (Lipinski definition) is 8. The van der Waals surface area contributed by atoms with Gasteiger partial charge in [0.2, 0.25) is 0 Å². The van der Waals surface area contributed by atoms with Crippen LogP contribution in [0.3, 0.4) is 0 Å². The third kappa shape index (κ3) is 5.66. The van der Waals surface area contributed by atoms with Crippen molar-refractivity contribution in [2.45, 2.75) is 68.3 Å². The molecule has 13 nitrogen and oxygen atoms in total. The zero-order valence-electron chi connectivity index (χ0n) is 18.0. The van der Waals surface area contributed by atoms with Crippen molar-refractivity contribution in [3.63, 3.8) is 0 Å². The van der Waals surface area contributed by atoms with Crippen LogP contribution in [0.5, 0.6) is 11.5 Å². The van der Waals surface area contributed by atoms with Gasteiger partial charge < -0.3 is 59.8 Å². The van der Waals surface area contributed by atoms with Crippen molar-refractivity contribution in [2.24, 2.45) is 0 Å². The summed E-state index contributed by atoms with van der Waals surface area (Å²) in [6.45, 7) is 0.677. The molecule has 190 valence electrons. The molecule has 10 unspecified atom stereocenters. The number of carbonyl (C=O) groups is 1. The molecule has 0 bridgehead atoms. The van der Waals surface area contributed by atoms with Gasteiger partial charge in [0.1, 0.15) is 30.5 Å². The lowest BCUT2D eigenvalue weighted by Gasteiger charge is -2.45. The minimum absolute atomic E-state index is 0.334. The summed E-state index contributed by atoms with van der Waals surface area (Å²) in [7, 11) is 0. The highest BCUT2D eigenvalue weighted by molar-refractivity contribution is 5.87. The number of aliphatic hydroxyl groups excluding tert-OH is 6. The number of esters is 1. The number of carbonyl (C=O) groups excluding carboxylic acids is 1. The Morgan fingerprint density at radius 1 is 0.971 bits per heavy atom. The van der Waals surface area contributed by atoms with E-state index in [1.165, 1.54) is 31.2 Å². The topological polar surface area (TPSA) is 216 Å². The molecule has 0 aliphatic carbocycles. The van der Waals surface area contributed by atoms with Crippen molar-refractivity contribution in [3.8, 4) is 11.5 Å². The molecular weight excluding hydrogens is 460 g/mol. The van der Waals surface area contributed by atoms with Crippen LogP contribution in [0.2, 0.25) is 0 Å². The molecule has 2 fully saturated rings. The number of ether oxygens (including phenoxy) is 4. The SMILES string of the molecule is CC1OC(OC2C(O)OC(CO)C(O)C2OC(=O)/C=C/c2ccc(O)c(O)c2)C(O)C(O)C1O. The van der Waals surface area contributed by atoms with E-state index in [4.69, 9.17) is 18.9 Å². The zero-order chi connectivity index (χ0) is 25.2. The summed E-state index contributed by atoms with van der Waals surface area (Å²) in [5.41, 5.74) is 0.334. The zero-order valence-corrected chi connectivity index (χ0v) is 18.0. The fraction of sp³-hybridized carbons (Fsp3) is 0.571. The Balaban J connectivity index is 1.76. The summed E-state index contributed by atoms with van der Waals surface area (Å²) >= 11 is 0. The normalized spacial score (nSPS) is 38.7. The van der Waals surface area contributed by atoms with Gasteiger partial charge in [-0.3, -0.25) is 0 Å². The van der Waals surface area contributed by atoms with Gasteiger partial charge in [-0.2, -0.15) is 0 Å². The number of hydrogen-bond acceptors (Lipinski definition) is 13. The lowest BCUT2D eigenvalue weighted by molar-refractivity contribution is -0.359. The molecule has 0 aromatic heterocycles. The molecule has 0 radical (unpaired) electrons. The van der Waals surface area contributed by atoms with Crippen molar-refractivity contribution in [2.75, 3.05) is 6.61 Å². The van der Waals surface area contributed by atoms with Crippen LogP contribution in [0, 0.1) is 0 Å². The van der Waals surface area contributed by atoms with E-state index in [2.05, 4.69) is 0 Å². The number of aromatic hydroxyl groups is 2. The second-order valence-corrected chi connectivity index (χ2v) is 8.00. The summed E-state index contributed by atoms with van der Waals surface area (Å²) < 4.78 is 21.1. The van der Waals surface area contributed by atoms with Gasteiger partial charge in [0.15, 0.2) is 36.3 Å². The molecule has 0 amide bonds. The molecule has 1 aromatic rings. The van der Waals surface area contributed by atoms with E-state index in [0.29, 0.717) is 5.56 Å². The first-order valence-corrected chi connectivity index (χ1v) is 10.4. The van der Waals surface area contributed by atoms with Crippen LogP contribution in [-0.2, 0) is 23.7 Å². The predicted octanol–water partition coefficient (Wildman–Crippen LogP) is -2.69. The van der Waals surface area contributed by atoms with Gasteiger partial charge >= 0.3 is 5.97 Å². The molecule has 2 heterocycles. The molecule has 10 atom stereocenters. The van der Waals surface area contributed by atoms with Gasteiger partial charge in [-0.25, -0.2) is 4.79 Å². The molecule has 2 saturated heterocycles. The van der Waals surface area contributed by atoms with Crippen molar-refractivity contribution in [3.05, 3.63) is 29.8 Å². The number of phenolic OH excluding ortho intramolecular Hbond substituents is 2. The Morgan fingerprint density at radius 3 is 2.32 bits per heavy atom. The summed E-state index contributed by atoms with van der Waals surface area (Å²) in [6, 6.07) is 3.79. The summed E-state index contributed by atoms with van der Waals surface area (Å²) in [5.74, 6) is -1.77. The van der Waals surface area contributed by atoms with Crippen LogP contribution < -0.4 is 0 Å². The van der Waals surface area contributed by atoms with E-state index < -0.39 is 79.7 Å². The Hall–Kier alpha value is -2.33. The van der Waals surface area contributed by atoms with Crippen LogP contribution in [0.15, 0.2) is 24.3 Å². The summed E-state index contributed by atoms with van der Waals surface area (Å²) in [4.78, 5) is 12.4. The number of rotatable bonds is 6. The fourth-order valence-corrected chi connectivity index (χ4v) is 3.60. The van der Waals surface area contributed by atoms with Crippen LogP contribution in [0.25, 0.3) is 6.08 Å². The van der Waals surface area contributed by atoms with Gasteiger partial charge in [-0.1, -0.05) is 6.07 Å². The highest BCUT2D eigenvalue weighted by atomic mass is 16.7. The number of aliphatic hydroxyl groups is 6. The molecule has 13 heteroatoms. The van der Waals surface area contributed by atoms with E-state index >= 15 is 0 Å². The molecule has 1 aromatic carbocycles. The third-order valence-corrected chi connectivity index (χ3v) is 5.58. The monoisotopic (exact) mass is 488 g/mol. The molecule has 34 heavy (non-hydrogen) atoms. The highest BCUT2D eigenvalue weighted by Crippen LogP contribution is 2.30. The molecule has 2 aliphatic heterocycles. The second kappa shape index (κ2) is 10.9. The Bertz CT molecular complexity index is 876. The highest BCUT2D eigenvalue weighted by Gasteiger charge is 2.51. The third-order valence-electron chi connectivity index (χ3n) is 5.58. The van der Waals surface area contributed by atoms with Crippen molar-refractivity contribution < 1.29 is 64.6 Å². The standard InChI is InChI=1S/C21H28O13/c1-8-14(26)16(28)17(29)21(31-8)34-19-18(15(27)12(7-22)32-20(19)30)33-13(25)5-3-9-2-4-10(23)11(24)6-9/h2-6,8,12,14-24,26-30H,7H2,1H3/b5-3+. The van der Waals surface area contributed by atoms with Crippen molar-refractivity contribution in [1.29, 1.82) is 0 Å². The van der Waals surface area contributed by atoms with E-state index in [1.807, 2.05) is 0 Å². The number of phenols is 2. The maximum Gasteiger partial charge on any atom is 0.331 e. The van der Waals surface area contributed by atoms with Gasteiger partial charge in [0.25, 0.3) is 0 Å². The first-order valence-electron chi connectivity index (χ1n) is 10.4. The Morgan fingerprint density at radius 2 is 1.68 bits per heavy atom. The molecular formula is C21H28O13. The molecule has 8 N–H and O–H groups in total. The summed E-state index contributed by atoms with van der Waals surface area (Å²) in [6.07, 6.45) is -13.2. The largest absolute Gasteiger partial charge is 0.504 e. The van der Waals surface area contributed by atoms with Gasteiger partial charge in [0.05, 0.1) is 12.7 Å². The predicted molar refractivity (Wildman–Crippen MR) is 110 cm³/mol. The molecule has 3 rings (SSSR count). The maximum absolute atomic E-state index is 12.4. The fourth-order valence-electron chi connectivity index (χ4n) is 3.60. The second-order valence-electron chi connectivity index (χ2n) is 8.00. The van der Waals surface area contributed by atoms with E-state index in [1.54, 1.807) is 0 Å². The van der Waals surface area contributed by atoms with Gasteiger partial charge in [-0.15, -0.1) is 0 Å². The van der Waals surface area contributed by atoms with E-state index in [-0.39, 0.29) is 5.75 Å². The first kappa shape index (κ1) is 26.3. The van der Waals surface area contributed by atoms with Crippen LogP contribution >= 0.6 is 0 Å². The van der Waals surface area contributed by atoms with Crippen molar-refractivity contribution in [1.82, 2.24) is 0 Å². The average Bonchev–Trinajstić information content (AvgIpc) is 2.80. The lowest BCUT2D eigenvalue weighted by atomic mass is 9.97. The van der Waals surface area contributed by atoms with Crippen LogP contribution in [-0.4, -0.2) is 115 Å². The van der Waals surface area contributed by atoms with Gasteiger partial charge in [-0.05, 0) is 30.7 Å². The smallest absolute Gasteiger partial charge is 0.331 e. The summed E-state index contributed by atoms with van der Waals surface area (Å²) in [5, 5.41) is 79.2. The minimum Gasteiger partial charge on any atom is -0.504 e. The molecule has 0 saturated carbocycles. The number of benzene rings is 1. The minimum atomic E-state index is -1.84. The maximum atomic E-state index is 12.4. The molecule has 2 aliphatic rings. The van der Waals surface area contributed by atoms with Crippen LogP contribution in [0.4, 0.5) is 0 Å². The quantitative estimate of drug-likeness (QED) is 0.116. The van der Waals surface area contributed by atoms with Crippen molar-refractivity contribution >= 4 is 12.0 Å². The van der Waals surface area contributed by atoms with Gasteiger partial charge in [0, 0.05) is 6.08 Å². The Kier molecular flexibility index (Phi) is 8.46. The Labute approximate surface area is 193 Å².